The summed E-state index contributed by atoms with van der Waals surface area (Å²) < 4.78 is 5.24. The van der Waals surface area contributed by atoms with Crippen molar-refractivity contribution in [2.75, 3.05) is 7.11 Å². The first-order valence-corrected chi connectivity index (χ1v) is 13.0. The number of allylic oxidation sites excluding steroid dienone is 6. The predicted octanol–water partition coefficient (Wildman–Crippen LogP) is 5.76. The minimum absolute atomic E-state index is 0.0453. The van der Waals surface area contributed by atoms with E-state index >= 15 is 0 Å². The molecule has 0 aromatic heterocycles. The van der Waals surface area contributed by atoms with E-state index in [1.165, 1.54) is 12.7 Å². The van der Waals surface area contributed by atoms with Crippen LogP contribution in [0, 0.1) is 33.0 Å². The van der Waals surface area contributed by atoms with Crippen LogP contribution in [0.5, 0.6) is 0 Å². The molecule has 35 heavy (non-hydrogen) atoms. The number of hydrogen-bond acceptors (Lipinski definition) is 5. The minimum atomic E-state index is -0.526. The third kappa shape index (κ3) is 2.85. The Morgan fingerprint density at radius 1 is 1.03 bits per heavy atom. The molecule has 0 saturated heterocycles. The molecule has 0 amide bonds. The van der Waals surface area contributed by atoms with Gasteiger partial charge in [0.05, 0.1) is 18.6 Å². The van der Waals surface area contributed by atoms with Gasteiger partial charge in [0, 0.05) is 16.4 Å². The van der Waals surface area contributed by atoms with Crippen molar-refractivity contribution < 1.29 is 24.5 Å². The van der Waals surface area contributed by atoms with Crippen LogP contribution < -0.4 is 0 Å². The van der Waals surface area contributed by atoms with Crippen LogP contribution in [0.25, 0.3) is 0 Å². The van der Waals surface area contributed by atoms with Crippen molar-refractivity contribution in [1.29, 1.82) is 0 Å². The van der Waals surface area contributed by atoms with Crippen LogP contribution in [0.3, 0.4) is 0 Å². The van der Waals surface area contributed by atoms with Crippen LogP contribution in [0.4, 0.5) is 0 Å². The van der Waals surface area contributed by atoms with Crippen molar-refractivity contribution >= 4 is 11.8 Å². The number of fused-ring (bicyclic) bond motifs is 7. The van der Waals surface area contributed by atoms with Crippen LogP contribution in [0.1, 0.15) is 80.1 Å². The molecule has 5 nitrogen and oxygen atoms in total. The largest absolute Gasteiger partial charge is 0.504 e. The Kier molecular flexibility index (Phi) is 5.06. The van der Waals surface area contributed by atoms with Gasteiger partial charge in [-0.3, -0.25) is 9.59 Å². The van der Waals surface area contributed by atoms with E-state index < -0.39 is 22.3 Å². The Morgan fingerprint density at radius 3 is 2.37 bits per heavy atom. The van der Waals surface area contributed by atoms with Crippen LogP contribution in [-0.4, -0.2) is 35.2 Å². The maximum absolute atomic E-state index is 12.8. The van der Waals surface area contributed by atoms with Gasteiger partial charge in [-0.1, -0.05) is 45.4 Å². The highest BCUT2D eigenvalue weighted by Crippen LogP contribution is 2.75. The molecular formula is C30H40O5. The fourth-order valence-corrected chi connectivity index (χ4v) is 9.00. The van der Waals surface area contributed by atoms with Crippen molar-refractivity contribution in [3.63, 3.8) is 0 Å². The standard InChI is InChI=1S/C30H40O5/c1-17-18-8-9-21-28(4,19(18)14-20(31)24(17)33)12-13-29(5)22-15-27(3,25(34)35-7)11-10-26(22,2)16-23(32)30(21,29)6/h8-9,14,22-23,32-33H,10-13,15-16H2,1-7H3. The average Bonchev–Trinajstić information content (AvgIpc) is 2.81. The highest BCUT2D eigenvalue weighted by Gasteiger charge is 2.70. The van der Waals surface area contributed by atoms with Crippen molar-refractivity contribution in [3.05, 3.63) is 46.3 Å². The lowest BCUT2D eigenvalue weighted by Gasteiger charge is -2.71. The molecule has 3 saturated carbocycles. The molecular weight excluding hydrogens is 440 g/mol. The summed E-state index contributed by atoms with van der Waals surface area (Å²) in [6.07, 6.45) is 10.1. The molecule has 190 valence electrons. The van der Waals surface area contributed by atoms with E-state index in [1.807, 2.05) is 13.0 Å². The molecule has 0 aromatic carbocycles. The zero-order chi connectivity index (χ0) is 25.8. The van der Waals surface area contributed by atoms with Gasteiger partial charge < -0.3 is 14.9 Å². The van der Waals surface area contributed by atoms with Gasteiger partial charge in [-0.05, 0) is 86.3 Å². The number of aliphatic hydroxyl groups is 2. The van der Waals surface area contributed by atoms with Crippen molar-refractivity contribution in [1.82, 2.24) is 0 Å². The van der Waals surface area contributed by atoms with Gasteiger partial charge in [-0.2, -0.15) is 0 Å². The van der Waals surface area contributed by atoms with Crippen molar-refractivity contribution in [2.24, 2.45) is 33.0 Å². The van der Waals surface area contributed by atoms with Crippen molar-refractivity contribution in [3.8, 4) is 0 Å². The lowest BCUT2D eigenvalue weighted by molar-refractivity contribution is -0.214. The molecule has 3 fully saturated rings. The molecule has 7 atom stereocenters. The van der Waals surface area contributed by atoms with Gasteiger partial charge >= 0.3 is 5.97 Å². The predicted molar refractivity (Wildman–Crippen MR) is 134 cm³/mol. The molecule has 0 bridgehead atoms. The zero-order valence-electron chi connectivity index (χ0n) is 22.2. The Morgan fingerprint density at radius 2 is 1.71 bits per heavy atom. The lowest BCUT2D eigenvalue weighted by Crippen LogP contribution is -2.67. The summed E-state index contributed by atoms with van der Waals surface area (Å²) >= 11 is 0. The molecule has 0 spiro atoms. The molecule has 0 radical (unpaired) electrons. The first-order chi connectivity index (χ1) is 16.2. The van der Waals surface area contributed by atoms with Gasteiger partial charge in [-0.25, -0.2) is 0 Å². The monoisotopic (exact) mass is 480 g/mol. The molecule has 5 aliphatic rings. The number of rotatable bonds is 1. The number of aliphatic hydroxyl groups excluding tert-OH is 2. The van der Waals surface area contributed by atoms with E-state index in [4.69, 9.17) is 4.74 Å². The summed E-state index contributed by atoms with van der Waals surface area (Å²) in [5, 5.41) is 22.2. The van der Waals surface area contributed by atoms with Crippen LogP contribution in [-0.2, 0) is 14.3 Å². The van der Waals surface area contributed by atoms with Gasteiger partial charge in [0.2, 0.25) is 5.78 Å². The first kappa shape index (κ1) is 24.5. The Balaban J connectivity index is 1.67. The molecule has 0 aliphatic heterocycles. The summed E-state index contributed by atoms with van der Waals surface area (Å²) in [6, 6.07) is 0. The highest BCUT2D eigenvalue weighted by atomic mass is 16.5. The smallest absolute Gasteiger partial charge is 0.311 e. The number of carbonyl (C=O) groups is 2. The van der Waals surface area contributed by atoms with Gasteiger partial charge in [-0.15, -0.1) is 0 Å². The Hall–Kier alpha value is -2.14. The number of esters is 1. The maximum Gasteiger partial charge on any atom is 0.311 e. The fraction of sp³-hybridized carbons (Fsp3) is 0.667. The molecule has 0 heterocycles. The number of ether oxygens (including phenoxy) is 1. The second-order valence-electron chi connectivity index (χ2n) is 13.2. The number of carbonyl (C=O) groups excluding carboxylic acids is 2. The van der Waals surface area contributed by atoms with E-state index in [-0.39, 0.29) is 34.3 Å². The van der Waals surface area contributed by atoms with Gasteiger partial charge in [0.1, 0.15) is 0 Å². The lowest BCUT2D eigenvalue weighted by atomic mass is 9.33. The summed E-state index contributed by atoms with van der Waals surface area (Å²) in [5.41, 5.74) is 1.99. The molecule has 5 rings (SSSR count). The average molecular weight is 481 g/mol. The molecule has 5 heteroatoms. The summed E-state index contributed by atoms with van der Waals surface area (Å²) in [5.74, 6) is -0.391. The third-order valence-corrected chi connectivity index (χ3v) is 11.6. The second-order valence-corrected chi connectivity index (χ2v) is 13.2. The third-order valence-electron chi connectivity index (χ3n) is 11.6. The van der Waals surface area contributed by atoms with E-state index in [0.717, 1.165) is 43.3 Å². The molecule has 0 aromatic rings. The Labute approximate surface area is 209 Å². The van der Waals surface area contributed by atoms with Crippen LogP contribution >= 0.6 is 0 Å². The number of methoxy groups -OCH3 is 1. The quantitative estimate of drug-likeness (QED) is 0.467. The van der Waals surface area contributed by atoms with E-state index in [0.29, 0.717) is 12.0 Å². The molecule has 2 N–H and O–H groups in total. The summed E-state index contributed by atoms with van der Waals surface area (Å²) in [6.45, 7) is 12.9. The van der Waals surface area contributed by atoms with E-state index in [2.05, 4.69) is 33.8 Å². The molecule has 7 unspecified atom stereocenters. The minimum Gasteiger partial charge on any atom is -0.504 e. The van der Waals surface area contributed by atoms with E-state index in [9.17, 15) is 19.8 Å². The zero-order valence-corrected chi connectivity index (χ0v) is 22.2. The second kappa shape index (κ2) is 7.21. The number of ketones is 1. The van der Waals surface area contributed by atoms with Crippen LogP contribution in [0.15, 0.2) is 46.3 Å². The van der Waals surface area contributed by atoms with Crippen molar-refractivity contribution in [2.45, 2.75) is 86.2 Å². The van der Waals surface area contributed by atoms with Crippen LogP contribution in [0.2, 0.25) is 0 Å². The van der Waals surface area contributed by atoms with Gasteiger partial charge in [0.25, 0.3) is 0 Å². The summed E-state index contributed by atoms with van der Waals surface area (Å²) in [7, 11) is 1.48. The first-order valence-electron chi connectivity index (χ1n) is 13.0. The Bertz CT molecular complexity index is 1160. The number of hydrogen-bond donors (Lipinski definition) is 2. The topological polar surface area (TPSA) is 83.8 Å². The van der Waals surface area contributed by atoms with E-state index in [1.54, 1.807) is 13.0 Å². The maximum atomic E-state index is 12.8. The van der Waals surface area contributed by atoms with Gasteiger partial charge in [0.15, 0.2) is 5.76 Å². The summed E-state index contributed by atoms with van der Waals surface area (Å²) in [4.78, 5) is 25.5. The normalized spacial score (nSPS) is 46.9. The highest BCUT2D eigenvalue weighted by molar-refractivity contribution is 6.06. The SMILES string of the molecule is COC(=O)C1(C)CCC2(C)CC(O)C3(C)C4=CC=C5C(=CC(=O)C(O)=C5C)C4(C)CCC3(C)C2C1. The molecule has 5 aliphatic carbocycles. The fourth-order valence-electron chi connectivity index (χ4n) is 9.00.